The number of nitrogens with zero attached hydrogens (tertiary/aromatic N) is 7. The fourth-order valence-corrected chi connectivity index (χ4v) is 4.95. The van der Waals surface area contributed by atoms with E-state index >= 15 is 0 Å². The van der Waals surface area contributed by atoms with Crippen molar-refractivity contribution in [3.05, 3.63) is 54.0 Å². The molecule has 13 nitrogen and oxygen atoms in total. The van der Waals surface area contributed by atoms with Gasteiger partial charge in [-0.15, -0.1) is 10.2 Å². The van der Waals surface area contributed by atoms with Crippen molar-refractivity contribution < 1.29 is 22.6 Å². The number of aryl methyl sites for hydroxylation is 1. The normalized spacial score (nSPS) is 13.5. The van der Waals surface area contributed by atoms with E-state index in [1.165, 1.54) is 50.0 Å². The van der Waals surface area contributed by atoms with Crippen LogP contribution in [0.15, 0.2) is 47.4 Å². The molecule has 3 rings (SSSR count). The molecule has 0 unspecified atom stereocenters. The first-order valence-corrected chi connectivity index (χ1v) is 13.0. The molecule has 1 N–H and O–H groups in total. The highest BCUT2D eigenvalue weighted by Gasteiger charge is 2.35. The number of hydrogen-bond acceptors (Lipinski definition) is 10. The molecule has 14 heteroatoms. The van der Waals surface area contributed by atoms with E-state index in [-0.39, 0.29) is 11.8 Å². The second-order valence-electron chi connectivity index (χ2n) is 8.43. The Bertz CT molecular complexity index is 1430. The highest BCUT2D eigenvalue weighted by molar-refractivity contribution is 7.93. The molecule has 0 fully saturated rings. The number of para-hydroxylation sites is 1. The average molecular weight is 545 g/mol. The number of allylic oxidation sites excluding steroid dienone is 3. The molecule has 2 aromatic heterocycles. The number of rotatable bonds is 12. The van der Waals surface area contributed by atoms with Crippen molar-refractivity contribution in [2.45, 2.75) is 32.1 Å². The van der Waals surface area contributed by atoms with Gasteiger partial charge < -0.3 is 14.2 Å². The van der Waals surface area contributed by atoms with Gasteiger partial charge in [0.25, 0.3) is 0 Å². The quantitative estimate of drug-likeness (QED) is 0.268. The third-order valence-corrected chi connectivity index (χ3v) is 7.32. The predicted molar refractivity (Wildman–Crippen MR) is 144 cm³/mol. The van der Waals surface area contributed by atoms with Gasteiger partial charge in [0.1, 0.15) is 34.9 Å². The Morgan fingerprint density at radius 3 is 2.32 bits per heavy atom. The Hall–Kier alpha value is -4.04. The highest BCUT2D eigenvalue weighted by Crippen LogP contribution is 2.37. The van der Waals surface area contributed by atoms with Crippen LogP contribution in [-0.2, 0) is 21.8 Å². The van der Waals surface area contributed by atoms with Crippen LogP contribution in [0, 0.1) is 0 Å². The van der Waals surface area contributed by atoms with Crippen molar-refractivity contribution in [2.75, 3.05) is 26.1 Å². The molecule has 204 valence electrons. The summed E-state index contributed by atoms with van der Waals surface area (Å²) < 4.78 is 49.5. The van der Waals surface area contributed by atoms with Gasteiger partial charge in [-0.05, 0) is 39.6 Å². The minimum atomic E-state index is -4.12. The van der Waals surface area contributed by atoms with Gasteiger partial charge in [0.05, 0.1) is 14.2 Å². The first kappa shape index (κ1) is 28.5. The second kappa shape index (κ2) is 12.0. The highest BCUT2D eigenvalue weighted by atomic mass is 32.2. The van der Waals surface area contributed by atoms with E-state index in [1.807, 2.05) is 19.9 Å². The van der Waals surface area contributed by atoms with Gasteiger partial charge in [0.2, 0.25) is 16.0 Å². The Morgan fingerprint density at radius 1 is 1.16 bits per heavy atom. The number of anilines is 1. The summed E-state index contributed by atoms with van der Waals surface area (Å²) in [6, 6.07) is 5.18. The van der Waals surface area contributed by atoms with Gasteiger partial charge >= 0.3 is 0 Å². The monoisotopic (exact) mass is 544 g/mol. The first-order valence-electron chi connectivity index (χ1n) is 11.5. The van der Waals surface area contributed by atoms with Crippen molar-refractivity contribution in [2.24, 2.45) is 12.0 Å². The second-order valence-corrected chi connectivity index (χ2v) is 10.5. The van der Waals surface area contributed by atoms with Crippen molar-refractivity contribution >= 4 is 28.3 Å². The number of methoxy groups -OCH3 is 3. The predicted octanol–water partition coefficient (Wildman–Crippen LogP) is 2.94. The molecule has 38 heavy (non-hydrogen) atoms. The minimum absolute atomic E-state index is 0.0976. The maximum Gasteiger partial charge on any atom is 0.243 e. The summed E-state index contributed by atoms with van der Waals surface area (Å²) in [6.07, 6.45) is 3.75. The molecule has 2 atom stereocenters. The Labute approximate surface area is 221 Å². The number of ether oxygens (including phenoxy) is 3. The van der Waals surface area contributed by atoms with Gasteiger partial charge in [-0.3, -0.25) is 19.0 Å². The summed E-state index contributed by atoms with van der Waals surface area (Å²) in [6.45, 7) is 8.87. The fourth-order valence-electron chi connectivity index (χ4n) is 3.82. The van der Waals surface area contributed by atoms with Crippen molar-refractivity contribution in [3.8, 4) is 17.2 Å². The summed E-state index contributed by atoms with van der Waals surface area (Å²) in [7, 11) is 1.94. The van der Waals surface area contributed by atoms with Gasteiger partial charge in [-0.1, -0.05) is 17.7 Å². The van der Waals surface area contributed by atoms with E-state index in [1.54, 1.807) is 25.2 Å². The number of aromatic nitrogens is 6. The Balaban J connectivity index is 2.23. The molecule has 0 saturated carbocycles. The molecule has 0 aliphatic carbocycles. The van der Waals surface area contributed by atoms with Gasteiger partial charge in [-0.25, -0.2) is 13.4 Å². The largest absolute Gasteiger partial charge is 0.494 e. The van der Waals surface area contributed by atoms with Crippen LogP contribution in [0.5, 0.6) is 11.5 Å². The van der Waals surface area contributed by atoms with Crippen LogP contribution < -0.4 is 14.2 Å². The third kappa shape index (κ3) is 5.75. The van der Waals surface area contributed by atoms with Crippen LogP contribution in [-0.4, -0.2) is 71.2 Å². The summed E-state index contributed by atoms with van der Waals surface area (Å²) >= 11 is 0. The molecule has 1 aromatic carbocycles. The lowest BCUT2D eigenvalue weighted by atomic mass is 10.1. The first-order chi connectivity index (χ1) is 18.1. The van der Waals surface area contributed by atoms with E-state index in [9.17, 15) is 8.42 Å². The molecule has 0 amide bonds. The number of hydrogen-bond donors (Lipinski definition) is 1. The molecular formula is C24H32N8O5S. The van der Waals surface area contributed by atoms with E-state index in [4.69, 9.17) is 14.2 Å². The van der Waals surface area contributed by atoms with Crippen LogP contribution in [0.1, 0.15) is 38.5 Å². The van der Waals surface area contributed by atoms with Crippen LogP contribution in [0.25, 0.3) is 11.3 Å². The zero-order chi connectivity index (χ0) is 28.0. The van der Waals surface area contributed by atoms with Crippen LogP contribution >= 0.6 is 0 Å². The summed E-state index contributed by atoms with van der Waals surface area (Å²) in [5.74, 6) is 1.33. The lowest BCUT2D eigenvalue weighted by Crippen LogP contribution is -2.34. The molecule has 0 aliphatic rings. The molecule has 0 bridgehead atoms. The lowest BCUT2D eigenvalue weighted by Gasteiger charge is -2.23. The SMILES string of the molecule is C=N/C=C(\C=C(C)C)c1nnc(NS(=O)(=O)[C@@H](C)[C@H](OC)c2ncnn2C)n1-c1c(OC)cccc1OC. The number of sulfonamides is 1. The summed E-state index contributed by atoms with van der Waals surface area (Å²) in [4.78, 5) is 8.05. The number of benzene rings is 1. The van der Waals surface area contributed by atoms with Crippen molar-refractivity contribution in [1.29, 1.82) is 0 Å². The van der Waals surface area contributed by atoms with Crippen LogP contribution in [0.3, 0.4) is 0 Å². The fraction of sp³-hybridized carbons (Fsp3) is 0.375. The van der Waals surface area contributed by atoms with Crippen molar-refractivity contribution in [1.82, 2.24) is 29.5 Å². The maximum atomic E-state index is 13.6. The average Bonchev–Trinajstić information content (AvgIpc) is 3.49. The van der Waals surface area contributed by atoms with Gasteiger partial charge in [-0.2, -0.15) is 5.10 Å². The maximum absolute atomic E-state index is 13.6. The molecular weight excluding hydrogens is 512 g/mol. The topological polar surface area (TPSA) is 148 Å². The lowest BCUT2D eigenvalue weighted by molar-refractivity contribution is 0.0918. The molecule has 0 radical (unpaired) electrons. The minimum Gasteiger partial charge on any atom is -0.494 e. The summed E-state index contributed by atoms with van der Waals surface area (Å²) in [5, 5.41) is 11.4. The Kier molecular flexibility index (Phi) is 9.01. The van der Waals surface area contributed by atoms with Crippen molar-refractivity contribution in [3.63, 3.8) is 0 Å². The van der Waals surface area contributed by atoms with Crippen LogP contribution in [0.2, 0.25) is 0 Å². The molecule has 0 spiro atoms. The number of nitrogens with one attached hydrogen (secondary N) is 1. The van der Waals surface area contributed by atoms with E-state index < -0.39 is 21.4 Å². The van der Waals surface area contributed by atoms with E-state index in [0.717, 1.165) is 5.57 Å². The van der Waals surface area contributed by atoms with Crippen LogP contribution in [0.4, 0.5) is 5.95 Å². The third-order valence-electron chi connectivity index (χ3n) is 5.63. The van der Waals surface area contributed by atoms with E-state index in [0.29, 0.717) is 28.6 Å². The standard InChI is InChI=1S/C24H32N8O5S/c1-15(2)12-17(13-25-4)22-28-29-24(32(22)20-18(35-6)10-9-11-19(20)36-7)30-38(33,34)16(3)21(37-8)23-26-14-27-31(23)5/h9-14,16,21H,4H2,1-3,5-8H3,(H,29,30)/b17-13+/t16-,21-/m0/s1. The zero-order valence-electron chi connectivity index (χ0n) is 22.4. The molecule has 2 heterocycles. The van der Waals surface area contributed by atoms with E-state index in [2.05, 4.69) is 36.7 Å². The zero-order valence-corrected chi connectivity index (χ0v) is 23.2. The summed E-state index contributed by atoms with van der Waals surface area (Å²) in [5.41, 5.74) is 1.87. The number of aliphatic imine (C=N–C) groups is 1. The smallest absolute Gasteiger partial charge is 0.243 e. The van der Waals surface area contributed by atoms with Gasteiger partial charge in [0, 0.05) is 25.9 Å². The molecule has 0 aliphatic heterocycles. The molecule has 0 saturated heterocycles. The molecule has 3 aromatic rings. The Morgan fingerprint density at radius 2 is 1.82 bits per heavy atom. The van der Waals surface area contributed by atoms with Gasteiger partial charge in [0.15, 0.2) is 11.6 Å².